The molecule has 2 aliphatic rings. The molecule has 2 heterocycles. The van der Waals surface area contributed by atoms with E-state index in [1.165, 1.54) is 25.4 Å². The van der Waals surface area contributed by atoms with E-state index in [2.05, 4.69) is 15.3 Å². The first-order valence-corrected chi connectivity index (χ1v) is 9.25. The summed E-state index contributed by atoms with van der Waals surface area (Å²) >= 11 is 5.84. The van der Waals surface area contributed by atoms with Gasteiger partial charge in [-0.1, -0.05) is 11.6 Å². The number of pyridine rings is 1. The molecule has 4 rings (SSSR count). The number of aliphatic imine (C=N–C) groups is 1. The summed E-state index contributed by atoms with van der Waals surface area (Å²) in [5.41, 5.74) is 3.00. The highest BCUT2D eigenvalue weighted by molar-refractivity contribution is 6.30. The van der Waals surface area contributed by atoms with Crippen LogP contribution in [0.4, 0.5) is 18.9 Å². The molecule has 1 fully saturated rings. The third-order valence-electron chi connectivity index (χ3n) is 5.11. The number of carbonyl (C=O) groups is 1. The first-order chi connectivity index (χ1) is 14.3. The number of ether oxygens (including phenoxy) is 2. The second kappa shape index (κ2) is 7.35. The molecule has 11 heteroatoms. The molecule has 1 amide bonds. The van der Waals surface area contributed by atoms with Crippen molar-refractivity contribution in [2.75, 3.05) is 12.4 Å². The van der Waals surface area contributed by atoms with Gasteiger partial charge in [0.05, 0.1) is 12.1 Å². The minimum atomic E-state index is -3.03. The average Bonchev–Trinajstić information content (AvgIpc) is 3.48. The summed E-state index contributed by atoms with van der Waals surface area (Å²) < 4.78 is 53.3. The number of carbonyl (C=O) groups excluding carboxylic acids is 1. The lowest BCUT2D eigenvalue weighted by Crippen LogP contribution is -2.43. The van der Waals surface area contributed by atoms with Gasteiger partial charge in [0, 0.05) is 29.4 Å². The Labute approximate surface area is 174 Å². The first-order valence-electron chi connectivity index (χ1n) is 8.87. The zero-order valence-corrected chi connectivity index (χ0v) is 16.3. The van der Waals surface area contributed by atoms with Crippen molar-refractivity contribution < 1.29 is 27.4 Å². The molecular formula is C19H16ClF3N4O3. The zero-order chi connectivity index (χ0) is 21.6. The maximum Gasteiger partial charge on any atom is 0.283 e. The molecule has 1 aliphatic heterocycles. The Bertz CT molecular complexity index is 1050. The Kier molecular flexibility index (Phi) is 4.97. The van der Waals surface area contributed by atoms with Gasteiger partial charge < -0.3 is 20.5 Å². The van der Waals surface area contributed by atoms with Gasteiger partial charge in [0.15, 0.2) is 17.0 Å². The summed E-state index contributed by atoms with van der Waals surface area (Å²) in [6.45, 7) is 0. The van der Waals surface area contributed by atoms with Crippen LogP contribution in [0.3, 0.4) is 0 Å². The summed E-state index contributed by atoms with van der Waals surface area (Å²) in [6.07, 6.45) is -2.05. The number of nitrogens with zero attached hydrogens (tertiary/aromatic N) is 2. The smallest absolute Gasteiger partial charge is 0.283 e. The molecule has 30 heavy (non-hydrogen) atoms. The predicted octanol–water partition coefficient (Wildman–Crippen LogP) is 3.33. The number of hydrogen-bond donors (Lipinski definition) is 2. The SMILES string of the molecule is COc1cc(Cl)cnc1C(=O)Nc1ccc(F)c([C@@]2(C(F)F)N=C(N)OC3C[C@@H]32)c1. The summed E-state index contributed by atoms with van der Waals surface area (Å²) in [6, 6.07) is 4.34. The van der Waals surface area contributed by atoms with Crippen molar-refractivity contribution in [1.82, 2.24) is 4.98 Å². The fourth-order valence-electron chi connectivity index (χ4n) is 3.65. The number of amides is 1. The number of anilines is 1. The Morgan fingerprint density at radius 3 is 2.90 bits per heavy atom. The van der Waals surface area contributed by atoms with E-state index in [0.717, 1.165) is 12.1 Å². The number of alkyl halides is 2. The van der Waals surface area contributed by atoms with Crippen molar-refractivity contribution in [2.45, 2.75) is 24.5 Å². The van der Waals surface area contributed by atoms with Crippen LogP contribution in [0.5, 0.6) is 5.75 Å². The molecule has 3 N–H and O–H groups in total. The van der Waals surface area contributed by atoms with E-state index < -0.39 is 41.7 Å². The largest absolute Gasteiger partial charge is 0.494 e. The quantitative estimate of drug-likeness (QED) is 0.743. The number of hydrogen-bond acceptors (Lipinski definition) is 6. The molecule has 0 radical (unpaired) electrons. The summed E-state index contributed by atoms with van der Waals surface area (Å²) in [5.74, 6) is -2.18. The topological polar surface area (TPSA) is 98.8 Å². The maximum absolute atomic E-state index is 14.7. The van der Waals surface area contributed by atoms with E-state index in [9.17, 15) is 18.0 Å². The van der Waals surface area contributed by atoms with Crippen LogP contribution >= 0.6 is 11.6 Å². The van der Waals surface area contributed by atoms with Gasteiger partial charge in [0.1, 0.15) is 11.9 Å². The number of rotatable bonds is 5. The van der Waals surface area contributed by atoms with Crippen LogP contribution in [0.1, 0.15) is 22.5 Å². The summed E-state index contributed by atoms with van der Waals surface area (Å²) in [5, 5.41) is 2.77. The third kappa shape index (κ3) is 3.30. The van der Waals surface area contributed by atoms with Crippen molar-refractivity contribution in [1.29, 1.82) is 0 Å². The van der Waals surface area contributed by atoms with Gasteiger partial charge in [-0.15, -0.1) is 0 Å². The Hall–Kier alpha value is -3.01. The number of aromatic nitrogens is 1. The van der Waals surface area contributed by atoms with E-state index >= 15 is 0 Å². The van der Waals surface area contributed by atoms with Crippen molar-refractivity contribution in [3.8, 4) is 5.75 Å². The Morgan fingerprint density at radius 2 is 2.20 bits per heavy atom. The lowest BCUT2D eigenvalue weighted by Gasteiger charge is -2.33. The van der Waals surface area contributed by atoms with Gasteiger partial charge in [-0.2, -0.15) is 0 Å². The van der Waals surface area contributed by atoms with Gasteiger partial charge in [0.2, 0.25) is 0 Å². The van der Waals surface area contributed by atoms with Gasteiger partial charge in [-0.25, -0.2) is 23.1 Å². The van der Waals surface area contributed by atoms with Crippen LogP contribution in [0.2, 0.25) is 5.02 Å². The number of methoxy groups -OCH3 is 1. The van der Waals surface area contributed by atoms with E-state index in [-0.39, 0.29) is 34.1 Å². The summed E-state index contributed by atoms with van der Waals surface area (Å²) in [4.78, 5) is 20.3. The lowest BCUT2D eigenvalue weighted by atomic mass is 9.84. The second-order valence-corrected chi connectivity index (χ2v) is 7.36. The van der Waals surface area contributed by atoms with E-state index in [1.54, 1.807) is 0 Å². The minimum absolute atomic E-state index is 0.0766. The monoisotopic (exact) mass is 440 g/mol. The fraction of sp³-hybridized carbons (Fsp3) is 0.316. The molecule has 0 saturated heterocycles. The third-order valence-corrected chi connectivity index (χ3v) is 5.31. The van der Waals surface area contributed by atoms with Gasteiger partial charge in [-0.05, 0) is 24.6 Å². The van der Waals surface area contributed by atoms with Crippen molar-refractivity contribution in [2.24, 2.45) is 16.6 Å². The first kappa shape index (κ1) is 20.3. The highest BCUT2D eigenvalue weighted by Gasteiger charge is 2.64. The molecule has 1 aliphatic carbocycles. The Balaban J connectivity index is 1.71. The standard InChI is InChI=1S/C19H16ClF3N4O3/c1-29-14-4-8(20)7-25-15(14)16(28)26-9-2-3-12(21)10(5-9)19(17(22)23)11-6-13(11)30-18(24)27-19/h2-5,7,11,13,17H,6H2,1H3,(H2,24,27)(H,26,28)/t11-,13?,19+/m0/s1. The second-order valence-electron chi connectivity index (χ2n) is 6.93. The minimum Gasteiger partial charge on any atom is -0.494 e. The number of fused-ring (bicyclic) bond motifs is 1. The van der Waals surface area contributed by atoms with E-state index in [0.29, 0.717) is 0 Å². The van der Waals surface area contributed by atoms with E-state index in [1.807, 2.05) is 0 Å². The van der Waals surface area contributed by atoms with Gasteiger partial charge in [0.25, 0.3) is 18.4 Å². The zero-order valence-electron chi connectivity index (χ0n) is 15.5. The van der Waals surface area contributed by atoms with Gasteiger partial charge >= 0.3 is 0 Å². The van der Waals surface area contributed by atoms with E-state index in [4.69, 9.17) is 26.8 Å². The number of benzene rings is 1. The van der Waals surface area contributed by atoms with Crippen LogP contribution in [0.15, 0.2) is 35.5 Å². The molecule has 158 valence electrons. The van der Waals surface area contributed by atoms with Gasteiger partial charge in [-0.3, -0.25) is 4.79 Å². The van der Waals surface area contributed by atoms with Crippen molar-refractivity contribution in [3.63, 3.8) is 0 Å². The molecule has 0 bridgehead atoms. The maximum atomic E-state index is 14.7. The molecule has 0 spiro atoms. The lowest BCUT2D eigenvalue weighted by molar-refractivity contribution is 0.0177. The summed E-state index contributed by atoms with van der Waals surface area (Å²) in [7, 11) is 1.34. The molecule has 1 unspecified atom stereocenters. The molecule has 2 aromatic rings. The van der Waals surface area contributed by atoms with Crippen LogP contribution in [0.25, 0.3) is 0 Å². The highest BCUT2D eigenvalue weighted by atomic mass is 35.5. The number of nitrogens with two attached hydrogens (primary N) is 1. The number of amidine groups is 1. The average molecular weight is 441 g/mol. The number of halogens is 4. The Morgan fingerprint density at radius 1 is 1.43 bits per heavy atom. The molecule has 7 nitrogen and oxygen atoms in total. The number of nitrogens with one attached hydrogen (secondary N) is 1. The van der Waals surface area contributed by atoms with Crippen LogP contribution < -0.4 is 15.8 Å². The van der Waals surface area contributed by atoms with Crippen molar-refractivity contribution >= 4 is 29.2 Å². The highest BCUT2D eigenvalue weighted by Crippen LogP contribution is 2.56. The molecule has 1 saturated carbocycles. The van der Waals surface area contributed by atoms with Crippen molar-refractivity contribution in [3.05, 3.63) is 52.6 Å². The fourth-order valence-corrected chi connectivity index (χ4v) is 3.79. The molecule has 1 aromatic heterocycles. The predicted molar refractivity (Wildman–Crippen MR) is 102 cm³/mol. The van der Waals surface area contributed by atoms with Crippen LogP contribution in [0, 0.1) is 11.7 Å². The normalized spacial score (nSPS) is 24.5. The molecule has 1 aromatic carbocycles. The van der Waals surface area contributed by atoms with Crippen LogP contribution in [-0.2, 0) is 10.3 Å². The molecular weight excluding hydrogens is 425 g/mol. The van der Waals surface area contributed by atoms with Crippen LogP contribution in [-0.4, -0.2) is 36.6 Å². The molecule has 3 atom stereocenters.